The van der Waals surface area contributed by atoms with Crippen molar-refractivity contribution in [2.24, 2.45) is 0 Å². The molecule has 0 atom stereocenters. The Morgan fingerprint density at radius 1 is 0.552 bits per heavy atom. The standard InChI is InChI=1S/C44H50N2O12/c1-9-55-37(47)23-57-41-29-11-25-15-33(43(3,4)5)17-27(39(25)49)13-31-21-36(46(53)54)22-32(42(31)58-24-38(48)56-10-2)14-28-18-34(44(6,7)8)16-26(40(28)50)12-30(41)20-35(19-29)45(51)52/h15-22,49-50H,9-14,23-24H2,1-8H3. The Morgan fingerprint density at radius 2 is 0.828 bits per heavy atom. The maximum absolute atomic E-state index is 12.6. The molecule has 58 heavy (non-hydrogen) atoms. The number of phenolic OH excluding ortho intramolecular Hbond substituents is 2. The summed E-state index contributed by atoms with van der Waals surface area (Å²) < 4.78 is 22.6. The van der Waals surface area contributed by atoms with Crippen molar-refractivity contribution in [1.82, 2.24) is 0 Å². The molecule has 5 rings (SSSR count). The minimum atomic E-state index is -0.657. The van der Waals surface area contributed by atoms with Gasteiger partial charge in [-0.25, -0.2) is 9.59 Å². The van der Waals surface area contributed by atoms with Crippen molar-refractivity contribution >= 4 is 23.3 Å². The number of ether oxygens (including phenoxy) is 4. The fraction of sp³-hybridized carbons (Fsp3) is 0.409. The maximum atomic E-state index is 12.6. The van der Waals surface area contributed by atoms with E-state index in [4.69, 9.17) is 18.9 Å². The molecule has 14 nitrogen and oxygen atoms in total. The van der Waals surface area contributed by atoms with Crippen molar-refractivity contribution in [1.29, 1.82) is 0 Å². The average Bonchev–Trinajstić information content (AvgIpc) is 3.12. The first-order chi connectivity index (χ1) is 27.2. The highest BCUT2D eigenvalue weighted by molar-refractivity contribution is 5.72. The monoisotopic (exact) mass is 798 g/mol. The third-order valence-electron chi connectivity index (χ3n) is 9.95. The molecule has 308 valence electrons. The summed E-state index contributed by atoms with van der Waals surface area (Å²) in [5.74, 6) is -1.35. The van der Waals surface area contributed by atoms with Crippen molar-refractivity contribution in [3.63, 3.8) is 0 Å². The summed E-state index contributed by atoms with van der Waals surface area (Å²) in [6, 6.07) is 12.5. The zero-order valence-electron chi connectivity index (χ0n) is 34.1. The lowest BCUT2D eigenvalue weighted by molar-refractivity contribution is -0.385. The molecule has 0 heterocycles. The zero-order valence-corrected chi connectivity index (χ0v) is 34.1. The normalized spacial score (nSPS) is 12.7. The number of benzene rings is 4. The number of carbonyl (C=O) groups is 2. The third kappa shape index (κ3) is 9.85. The van der Waals surface area contributed by atoms with Crippen LogP contribution in [0.15, 0.2) is 48.5 Å². The number of aromatic hydroxyl groups is 2. The summed E-state index contributed by atoms with van der Waals surface area (Å²) >= 11 is 0. The molecule has 0 unspecified atom stereocenters. The molecule has 1 aliphatic rings. The van der Waals surface area contributed by atoms with Crippen molar-refractivity contribution in [3.8, 4) is 23.0 Å². The number of phenols is 2. The van der Waals surface area contributed by atoms with Gasteiger partial charge in [-0.1, -0.05) is 65.8 Å². The lowest BCUT2D eigenvalue weighted by Crippen LogP contribution is -2.17. The SMILES string of the molecule is CCOC(=O)COc1c2cc([N+](=O)[O-])cc1Cc1cc(C(C)(C)C)cc(c1O)Cc1cc([N+](=O)[O-])cc(c1OCC(=O)OCC)Cc1cc(C(C)(C)C)cc(c1O)C2. The van der Waals surface area contributed by atoms with Crippen molar-refractivity contribution < 1.29 is 48.6 Å². The fourth-order valence-electron chi connectivity index (χ4n) is 6.99. The minimum Gasteiger partial charge on any atom is -0.507 e. The Labute approximate surface area is 337 Å². The molecule has 0 spiro atoms. The van der Waals surface area contributed by atoms with E-state index in [-0.39, 0.29) is 95.5 Å². The summed E-state index contributed by atoms with van der Waals surface area (Å²) in [6.07, 6.45) is -0.384. The second-order valence-corrected chi connectivity index (χ2v) is 16.4. The van der Waals surface area contributed by atoms with E-state index in [1.807, 2.05) is 41.5 Å². The van der Waals surface area contributed by atoms with Crippen LogP contribution in [0.5, 0.6) is 23.0 Å². The van der Waals surface area contributed by atoms with Crippen LogP contribution >= 0.6 is 0 Å². The molecule has 4 aromatic rings. The van der Waals surface area contributed by atoms with Crippen LogP contribution in [0.1, 0.15) is 111 Å². The second-order valence-electron chi connectivity index (χ2n) is 16.4. The number of non-ortho nitro benzene ring substituents is 2. The van der Waals surface area contributed by atoms with Gasteiger partial charge in [-0.05, 0) is 58.1 Å². The van der Waals surface area contributed by atoms with E-state index in [1.165, 1.54) is 24.3 Å². The number of nitro benzene ring substituents is 2. The molecule has 8 bridgehead atoms. The minimum absolute atomic E-state index is 0.0960. The fourth-order valence-corrected chi connectivity index (χ4v) is 6.99. The van der Waals surface area contributed by atoms with Gasteiger partial charge in [0.2, 0.25) is 0 Å². The Hall–Kier alpha value is -6.18. The largest absolute Gasteiger partial charge is 0.507 e. The number of fused-ring (bicyclic) bond motifs is 8. The molecular weight excluding hydrogens is 748 g/mol. The molecule has 0 amide bonds. The highest BCUT2D eigenvalue weighted by Crippen LogP contribution is 2.43. The summed E-state index contributed by atoms with van der Waals surface area (Å²) in [7, 11) is 0. The van der Waals surface area contributed by atoms with Gasteiger partial charge in [0.25, 0.3) is 11.4 Å². The third-order valence-corrected chi connectivity index (χ3v) is 9.95. The van der Waals surface area contributed by atoms with Crippen LogP contribution in [0.25, 0.3) is 0 Å². The molecule has 0 radical (unpaired) electrons. The molecule has 0 fully saturated rings. The number of carbonyl (C=O) groups excluding carboxylic acids is 2. The highest BCUT2D eigenvalue weighted by atomic mass is 16.6. The first kappa shape index (κ1) is 43.0. The summed E-state index contributed by atoms with van der Waals surface area (Å²) in [5, 5.41) is 49.0. The first-order valence-electron chi connectivity index (χ1n) is 19.1. The number of nitrogens with zero attached hydrogens (tertiary/aromatic N) is 2. The predicted octanol–water partition coefficient (Wildman–Crippen LogP) is 8.07. The second kappa shape index (κ2) is 17.1. The molecule has 0 aromatic heterocycles. The van der Waals surface area contributed by atoms with Gasteiger partial charge in [0, 0.05) is 72.2 Å². The van der Waals surface area contributed by atoms with Crippen LogP contribution in [0.3, 0.4) is 0 Å². The Balaban J connectivity index is 1.91. The van der Waals surface area contributed by atoms with Gasteiger partial charge in [0.05, 0.1) is 23.1 Å². The molecule has 0 saturated heterocycles. The molecule has 1 aliphatic carbocycles. The molecule has 4 aromatic carbocycles. The van der Waals surface area contributed by atoms with Gasteiger partial charge in [-0.15, -0.1) is 0 Å². The maximum Gasteiger partial charge on any atom is 0.344 e. The lowest BCUT2D eigenvalue weighted by Gasteiger charge is -2.25. The van der Waals surface area contributed by atoms with Gasteiger partial charge >= 0.3 is 11.9 Å². The van der Waals surface area contributed by atoms with Crippen LogP contribution in [-0.4, -0.2) is 58.4 Å². The highest BCUT2D eigenvalue weighted by Gasteiger charge is 2.28. The molecular formula is C44H50N2O12. The van der Waals surface area contributed by atoms with Crippen molar-refractivity contribution in [2.75, 3.05) is 26.4 Å². The van der Waals surface area contributed by atoms with E-state index in [2.05, 4.69) is 0 Å². The van der Waals surface area contributed by atoms with Crippen molar-refractivity contribution in [3.05, 3.63) is 124 Å². The van der Waals surface area contributed by atoms with Crippen LogP contribution in [0.2, 0.25) is 0 Å². The van der Waals surface area contributed by atoms with Gasteiger partial charge in [0.15, 0.2) is 13.2 Å². The van der Waals surface area contributed by atoms with E-state index >= 15 is 0 Å². The smallest absolute Gasteiger partial charge is 0.344 e. The van der Waals surface area contributed by atoms with E-state index in [0.29, 0.717) is 22.3 Å². The van der Waals surface area contributed by atoms with Gasteiger partial charge < -0.3 is 29.2 Å². The topological polar surface area (TPSA) is 198 Å². The van der Waals surface area contributed by atoms with Gasteiger partial charge in [0.1, 0.15) is 23.0 Å². The Kier molecular flexibility index (Phi) is 12.7. The molecule has 14 heteroatoms. The van der Waals surface area contributed by atoms with Crippen LogP contribution in [0, 0.1) is 20.2 Å². The number of nitro groups is 2. The van der Waals surface area contributed by atoms with E-state index in [0.717, 1.165) is 11.1 Å². The van der Waals surface area contributed by atoms with Crippen LogP contribution < -0.4 is 9.47 Å². The quantitative estimate of drug-likeness (QED) is 0.0784. The van der Waals surface area contributed by atoms with Crippen LogP contribution in [0.4, 0.5) is 11.4 Å². The molecule has 2 N–H and O–H groups in total. The zero-order chi connectivity index (χ0) is 42.7. The Bertz CT molecular complexity index is 2010. The predicted molar refractivity (Wildman–Crippen MR) is 215 cm³/mol. The molecule has 0 aliphatic heterocycles. The first-order valence-corrected chi connectivity index (χ1v) is 19.1. The lowest BCUT2D eigenvalue weighted by atomic mass is 9.81. The van der Waals surface area contributed by atoms with Gasteiger partial charge in [-0.3, -0.25) is 20.2 Å². The van der Waals surface area contributed by atoms with E-state index < -0.39 is 45.8 Å². The molecule has 0 saturated carbocycles. The van der Waals surface area contributed by atoms with E-state index in [1.54, 1.807) is 38.1 Å². The summed E-state index contributed by atoms with van der Waals surface area (Å²) in [4.78, 5) is 49.1. The van der Waals surface area contributed by atoms with Gasteiger partial charge in [-0.2, -0.15) is 0 Å². The number of hydrogen-bond donors (Lipinski definition) is 2. The number of rotatable bonds is 10. The summed E-state index contributed by atoms with van der Waals surface area (Å²) in [5.41, 5.74) is 2.69. The number of hydrogen-bond acceptors (Lipinski definition) is 12. The van der Waals surface area contributed by atoms with Crippen molar-refractivity contribution in [2.45, 2.75) is 91.9 Å². The van der Waals surface area contributed by atoms with Crippen LogP contribution in [-0.2, 0) is 55.6 Å². The average molecular weight is 799 g/mol. The number of esters is 2. The van der Waals surface area contributed by atoms with E-state index in [9.17, 15) is 40.0 Å². The Morgan fingerprint density at radius 3 is 1.05 bits per heavy atom. The summed E-state index contributed by atoms with van der Waals surface area (Å²) in [6.45, 7) is 14.4.